The molecule has 22 heavy (non-hydrogen) atoms. The van der Waals surface area contributed by atoms with Gasteiger partial charge in [-0.2, -0.15) is 0 Å². The van der Waals surface area contributed by atoms with Crippen molar-refractivity contribution >= 4 is 29.1 Å². The number of carbonyl (C=O) groups is 3. The minimum Gasteiger partial charge on any atom is -0.481 e. The highest BCUT2D eigenvalue weighted by Gasteiger charge is 2.27. The van der Waals surface area contributed by atoms with E-state index in [4.69, 9.17) is 21.4 Å². The fraction of sp³-hybridized carbons (Fsp3) is 0.467. The summed E-state index contributed by atoms with van der Waals surface area (Å²) >= 11 is 5.81. The van der Waals surface area contributed by atoms with E-state index in [1.54, 1.807) is 0 Å². The van der Waals surface area contributed by atoms with Gasteiger partial charge < -0.3 is 9.84 Å². The molecule has 0 fully saturated rings. The van der Waals surface area contributed by atoms with Crippen LogP contribution in [0.3, 0.4) is 0 Å². The lowest BCUT2D eigenvalue weighted by Gasteiger charge is -2.14. The van der Waals surface area contributed by atoms with Gasteiger partial charge in [0.25, 0.3) is 0 Å². The predicted octanol–water partition coefficient (Wildman–Crippen LogP) is 2.39. The van der Waals surface area contributed by atoms with Gasteiger partial charge in [0.15, 0.2) is 11.6 Å². The molecule has 0 aliphatic carbocycles. The molecule has 0 aliphatic rings. The topological polar surface area (TPSA) is 93.6 Å². The summed E-state index contributed by atoms with van der Waals surface area (Å²) in [5.41, 5.74) is 0.264. The Kier molecular flexibility index (Phi) is 7.70. The van der Waals surface area contributed by atoms with Crippen LogP contribution in [0.4, 0.5) is 0 Å². The molecule has 120 valence electrons. The maximum Gasteiger partial charge on any atom is 0.303 e. The molecule has 0 bridgehead atoms. The number of ether oxygens (including phenoxy) is 1. The Balaban J connectivity index is 2.78. The van der Waals surface area contributed by atoms with Crippen molar-refractivity contribution in [3.63, 3.8) is 0 Å². The van der Waals surface area contributed by atoms with Crippen molar-refractivity contribution in [2.45, 2.75) is 25.7 Å². The van der Waals surface area contributed by atoms with Crippen LogP contribution in [0.2, 0.25) is 5.02 Å². The van der Waals surface area contributed by atoms with Crippen LogP contribution in [0.5, 0.6) is 0 Å². The van der Waals surface area contributed by atoms with Crippen LogP contribution in [0, 0.1) is 5.92 Å². The number of aromatic nitrogens is 1. The molecule has 1 heterocycles. The number of methoxy groups -OCH3 is 1. The highest BCUT2D eigenvalue weighted by molar-refractivity contribution is 6.31. The van der Waals surface area contributed by atoms with E-state index in [9.17, 15) is 14.4 Å². The van der Waals surface area contributed by atoms with Gasteiger partial charge in [0.05, 0.1) is 10.9 Å². The first-order valence-corrected chi connectivity index (χ1v) is 7.21. The van der Waals surface area contributed by atoms with E-state index in [0.29, 0.717) is 17.9 Å². The molecule has 1 aromatic rings. The quantitative estimate of drug-likeness (QED) is 0.403. The lowest BCUT2D eigenvalue weighted by Crippen LogP contribution is -2.27. The highest BCUT2D eigenvalue weighted by Crippen LogP contribution is 2.19. The number of nitrogens with zero attached hydrogens (tertiary/aromatic N) is 1. The number of unbranched alkanes of at least 4 members (excludes halogenated alkanes) is 1. The number of hydrogen-bond acceptors (Lipinski definition) is 5. The molecule has 0 spiro atoms. The van der Waals surface area contributed by atoms with Crippen LogP contribution < -0.4 is 0 Å². The third-order valence-corrected chi connectivity index (χ3v) is 3.32. The van der Waals surface area contributed by atoms with E-state index >= 15 is 0 Å². The lowest BCUT2D eigenvalue weighted by atomic mass is 9.89. The average Bonchev–Trinajstić information content (AvgIpc) is 2.46. The zero-order valence-electron chi connectivity index (χ0n) is 12.3. The van der Waals surface area contributed by atoms with Crippen molar-refractivity contribution < 1.29 is 24.2 Å². The van der Waals surface area contributed by atoms with Crippen molar-refractivity contribution in [1.82, 2.24) is 4.98 Å². The summed E-state index contributed by atoms with van der Waals surface area (Å²) in [5.74, 6) is -2.46. The Morgan fingerprint density at radius 1 is 1.32 bits per heavy atom. The number of carboxylic acids is 1. The van der Waals surface area contributed by atoms with Crippen LogP contribution in [-0.2, 0) is 14.3 Å². The molecular formula is C15H18ClNO5. The summed E-state index contributed by atoms with van der Waals surface area (Å²) in [6, 6.07) is 1.46. The van der Waals surface area contributed by atoms with Gasteiger partial charge in [0.1, 0.15) is 6.61 Å². The van der Waals surface area contributed by atoms with E-state index in [1.807, 2.05) is 0 Å². The number of carboxylic acid groups (broad SMARTS) is 1. The third-order valence-electron chi connectivity index (χ3n) is 3.11. The molecule has 1 aromatic heterocycles. The molecule has 0 aliphatic heterocycles. The minimum absolute atomic E-state index is 0.0120. The Labute approximate surface area is 133 Å². The van der Waals surface area contributed by atoms with Gasteiger partial charge in [-0.3, -0.25) is 19.4 Å². The van der Waals surface area contributed by atoms with E-state index in [1.165, 1.54) is 25.6 Å². The smallest absolute Gasteiger partial charge is 0.303 e. The molecule has 1 unspecified atom stereocenters. The molecule has 1 rings (SSSR count). The van der Waals surface area contributed by atoms with Crippen molar-refractivity contribution in [3.05, 3.63) is 29.0 Å². The second-order valence-electron chi connectivity index (χ2n) is 4.85. The zero-order chi connectivity index (χ0) is 16.5. The number of carbonyl (C=O) groups excluding carboxylic acids is 2. The first-order valence-electron chi connectivity index (χ1n) is 6.84. The number of ketones is 2. The molecular weight excluding hydrogens is 310 g/mol. The maximum absolute atomic E-state index is 12.5. The zero-order valence-corrected chi connectivity index (χ0v) is 13.0. The van der Waals surface area contributed by atoms with Crippen molar-refractivity contribution in [1.29, 1.82) is 0 Å². The third kappa shape index (κ3) is 5.91. The second kappa shape index (κ2) is 9.27. The molecule has 0 radical (unpaired) electrons. The normalized spacial score (nSPS) is 11.9. The van der Waals surface area contributed by atoms with Crippen molar-refractivity contribution in [2.75, 3.05) is 13.7 Å². The summed E-state index contributed by atoms with van der Waals surface area (Å²) < 4.78 is 4.80. The van der Waals surface area contributed by atoms with E-state index in [2.05, 4.69) is 4.98 Å². The molecule has 6 nitrogen and oxygen atoms in total. The molecule has 7 heteroatoms. The van der Waals surface area contributed by atoms with Gasteiger partial charge in [0, 0.05) is 31.5 Å². The average molecular weight is 328 g/mol. The van der Waals surface area contributed by atoms with E-state index in [-0.39, 0.29) is 36.6 Å². The number of pyridine rings is 1. The fourth-order valence-electron chi connectivity index (χ4n) is 2.05. The van der Waals surface area contributed by atoms with Gasteiger partial charge in [-0.25, -0.2) is 0 Å². The van der Waals surface area contributed by atoms with Crippen LogP contribution in [-0.4, -0.2) is 41.3 Å². The molecule has 0 saturated heterocycles. The van der Waals surface area contributed by atoms with E-state index in [0.717, 1.165) is 0 Å². The first kappa shape index (κ1) is 18.3. The summed E-state index contributed by atoms with van der Waals surface area (Å²) in [6.07, 6.45) is 3.92. The Hall–Kier alpha value is -1.79. The minimum atomic E-state index is -0.898. The maximum atomic E-state index is 12.5. The summed E-state index contributed by atoms with van der Waals surface area (Å²) in [7, 11) is 1.38. The van der Waals surface area contributed by atoms with Crippen LogP contribution in [0.25, 0.3) is 0 Å². The van der Waals surface area contributed by atoms with E-state index < -0.39 is 11.9 Å². The van der Waals surface area contributed by atoms with Gasteiger partial charge in [-0.15, -0.1) is 0 Å². The Morgan fingerprint density at radius 3 is 2.64 bits per heavy atom. The Bertz CT molecular complexity index is 546. The van der Waals surface area contributed by atoms with Gasteiger partial charge in [-0.1, -0.05) is 18.0 Å². The SMILES string of the molecule is COCC(=O)C(CCCCC(=O)O)C(=O)c1cncc(Cl)c1. The number of rotatable bonds is 10. The number of halogens is 1. The number of Topliss-reactive ketones (excluding diaryl/α,β-unsaturated/α-hetero) is 2. The fourth-order valence-corrected chi connectivity index (χ4v) is 2.23. The van der Waals surface area contributed by atoms with Gasteiger partial charge in [0.2, 0.25) is 0 Å². The first-order chi connectivity index (χ1) is 10.5. The summed E-state index contributed by atoms with van der Waals surface area (Å²) in [5, 5.41) is 8.93. The van der Waals surface area contributed by atoms with Crippen LogP contribution in [0.1, 0.15) is 36.0 Å². The van der Waals surface area contributed by atoms with Gasteiger partial charge >= 0.3 is 5.97 Å². The molecule has 1 N–H and O–H groups in total. The van der Waals surface area contributed by atoms with Crippen LogP contribution >= 0.6 is 11.6 Å². The number of aliphatic carboxylic acids is 1. The highest BCUT2D eigenvalue weighted by atomic mass is 35.5. The summed E-state index contributed by atoms with van der Waals surface area (Å²) in [4.78, 5) is 38.8. The monoisotopic (exact) mass is 327 g/mol. The molecule has 0 saturated carbocycles. The van der Waals surface area contributed by atoms with Crippen molar-refractivity contribution in [3.8, 4) is 0 Å². The van der Waals surface area contributed by atoms with Gasteiger partial charge in [-0.05, 0) is 18.9 Å². The largest absolute Gasteiger partial charge is 0.481 e. The van der Waals surface area contributed by atoms with Crippen molar-refractivity contribution in [2.24, 2.45) is 5.92 Å². The standard InChI is InChI=1S/C15H18ClNO5/c1-22-9-13(18)12(4-2-3-5-14(19)20)15(21)10-6-11(16)8-17-7-10/h6-8,12H,2-5,9H2,1H3,(H,19,20). The molecule has 1 atom stereocenters. The lowest BCUT2D eigenvalue weighted by molar-refractivity contribution is -0.137. The second-order valence-corrected chi connectivity index (χ2v) is 5.28. The number of hydrogen-bond donors (Lipinski definition) is 1. The summed E-state index contributed by atoms with van der Waals surface area (Å²) in [6.45, 7) is -0.163. The Morgan fingerprint density at radius 2 is 2.05 bits per heavy atom. The van der Waals surface area contributed by atoms with Crippen LogP contribution in [0.15, 0.2) is 18.5 Å². The molecule has 0 amide bonds. The predicted molar refractivity (Wildman–Crippen MR) is 80.1 cm³/mol. The molecule has 0 aromatic carbocycles.